The lowest BCUT2D eigenvalue weighted by Crippen LogP contribution is -2.27. The van der Waals surface area contributed by atoms with Crippen molar-refractivity contribution in [1.82, 2.24) is 5.32 Å². The van der Waals surface area contributed by atoms with Crippen molar-refractivity contribution in [2.24, 2.45) is 0 Å². The van der Waals surface area contributed by atoms with Crippen LogP contribution in [0.4, 0.5) is 11.4 Å². The Bertz CT molecular complexity index is 783. The Morgan fingerprint density at radius 1 is 0.962 bits per heavy atom. The summed E-state index contributed by atoms with van der Waals surface area (Å²) in [7, 11) is 1.69. The molecule has 136 valence electrons. The first-order valence-electron chi connectivity index (χ1n) is 8.36. The molecule has 2 aromatic rings. The largest absolute Gasteiger partial charge is 0.352 e. The zero-order chi connectivity index (χ0) is 19.1. The average molecular weight is 353 g/mol. The van der Waals surface area contributed by atoms with Crippen LogP contribution in [-0.2, 0) is 9.59 Å². The van der Waals surface area contributed by atoms with Crippen molar-refractivity contribution in [3.8, 4) is 0 Å². The van der Waals surface area contributed by atoms with Crippen LogP contribution in [-0.4, -0.2) is 31.3 Å². The molecule has 6 heteroatoms. The third-order valence-electron chi connectivity index (χ3n) is 3.96. The predicted molar refractivity (Wildman–Crippen MR) is 102 cm³/mol. The Hall–Kier alpha value is -3.15. The van der Waals surface area contributed by atoms with Crippen LogP contribution in [0.1, 0.15) is 29.3 Å². The lowest BCUT2D eigenvalue weighted by Gasteiger charge is -2.15. The van der Waals surface area contributed by atoms with Gasteiger partial charge in [-0.15, -0.1) is 0 Å². The van der Waals surface area contributed by atoms with E-state index in [4.69, 9.17) is 0 Å². The number of carbonyl (C=O) groups is 3. The minimum atomic E-state index is -0.200. The van der Waals surface area contributed by atoms with E-state index in [1.165, 1.54) is 11.8 Å². The maximum Gasteiger partial charge on any atom is 0.251 e. The molecule has 0 aliphatic rings. The van der Waals surface area contributed by atoms with Crippen LogP contribution < -0.4 is 15.5 Å². The molecule has 0 unspecified atom stereocenters. The molecule has 0 spiro atoms. The van der Waals surface area contributed by atoms with Gasteiger partial charge in [0, 0.05) is 43.9 Å². The summed E-state index contributed by atoms with van der Waals surface area (Å²) in [6.07, 6.45) is 0.173. The van der Waals surface area contributed by atoms with Crippen molar-refractivity contribution in [2.75, 3.05) is 23.8 Å². The first kappa shape index (κ1) is 19.2. The number of aryl methyl sites for hydroxylation is 1. The summed E-state index contributed by atoms with van der Waals surface area (Å²) in [6.45, 7) is 3.70. The number of amides is 3. The van der Waals surface area contributed by atoms with E-state index in [1.807, 2.05) is 19.1 Å². The van der Waals surface area contributed by atoms with Gasteiger partial charge in [-0.2, -0.15) is 0 Å². The molecule has 0 fully saturated rings. The SMILES string of the molecule is CC(=O)N(C)c1ccc(NC(=O)CCNC(=O)c2ccc(C)cc2)cc1. The summed E-state index contributed by atoms with van der Waals surface area (Å²) in [6, 6.07) is 14.2. The van der Waals surface area contributed by atoms with Gasteiger partial charge in [-0.25, -0.2) is 0 Å². The van der Waals surface area contributed by atoms with Gasteiger partial charge in [-0.05, 0) is 43.3 Å². The number of anilines is 2. The Kier molecular flexibility index (Phi) is 6.49. The monoisotopic (exact) mass is 353 g/mol. The highest BCUT2D eigenvalue weighted by Gasteiger charge is 2.08. The van der Waals surface area contributed by atoms with Crippen LogP contribution in [0.15, 0.2) is 48.5 Å². The normalized spacial score (nSPS) is 10.1. The molecule has 0 saturated carbocycles. The van der Waals surface area contributed by atoms with Crippen molar-refractivity contribution in [2.45, 2.75) is 20.3 Å². The predicted octanol–water partition coefficient (Wildman–Crippen LogP) is 2.74. The smallest absolute Gasteiger partial charge is 0.251 e. The molecule has 0 radical (unpaired) electrons. The maximum atomic E-state index is 12.0. The molecule has 26 heavy (non-hydrogen) atoms. The number of hydrogen-bond acceptors (Lipinski definition) is 3. The zero-order valence-electron chi connectivity index (χ0n) is 15.2. The van der Waals surface area contributed by atoms with Crippen LogP contribution in [0.25, 0.3) is 0 Å². The number of hydrogen-bond donors (Lipinski definition) is 2. The van der Waals surface area contributed by atoms with Crippen molar-refractivity contribution >= 4 is 29.1 Å². The minimum Gasteiger partial charge on any atom is -0.352 e. The Morgan fingerprint density at radius 3 is 2.15 bits per heavy atom. The van der Waals surface area contributed by atoms with E-state index < -0.39 is 0 Å². The summed E-state index contributed by atoms with van der Waals surface area (Å²) in [5.74, 6) is -0.456. The molecule has 2 aromatic carbocycles. The van der Waals surface area contributed by atoms with E-state index in [0.717, 1.165) is 11.3 Å². The number of nitrogens with one attached hydrogen (secondary N) is 2. The Balaban J connectivity index is 1.79. The minimum absolute atomic E-state index is 0.0638. The summed E-state index contributed by atoms with van der Waals surface area (Å²) < 4.78 is 0. The molecule has 0 aromatic heterocycles. The molecule has 0 aliphatic carbocycles. The summed E-state index contributed by atoms with van der Waals surface area (Å²) in [5, 5.41) is 5.49. The fourth-order valence-corrected chi connectivity index (χ4v) is 2.27. The van der Waals surface area contributed by atoms with E-state index in [9.17, 15) is 14.4 Å². The van der Waals surface area contributed by atoms with E-state index in [0.29, 0.717) is 11.3 Å². The molecule has 0 atom stereocenters. The number of benzene rings is 2. The van der Waals surface area contributed by atoms with Crippen LogP contribution in [0.5, 0.6) is 0 Å². The summed E-state index contributed by atoms with van der Waals surface area (Å²) >= 11 is 0. The quantitative estimate of drug-likeness (QED) is 0.838. The van der Waals surface area contributed by atoms with E-state index in [1.54, 1.807) is 43.4 Å². The fourth-order valence-electron chi connectivity index (χ4n) is 2.27. The van der Waals surface area contributed by atoms with E-state index in [-0.39, 0.29) is 30.7 Å². The number of nitrogens with zero attached hydrogens (tertiary/aromatic N) is 1. The van der Waals surface area contributed by atoms with Gasteiger partial charge < -0.3 is 15.5 Å². The lowest BCUT2D eigenvalue weighted by molar-refractivity contribution is -0.117. The zero-order valence-corrected chi connectivity index (χ0v) is 15.2. The van der Waals surface area contributed by atoms with Gasteiger partial charge in [0.05, 0.1) is 0 Å². The standard InChI is InChI=1S/C20H23N3O3/c1-14-4-6-16(7-5-14)20(26)21-13-12-19(25)22-17-8-10-18(11-9-17)23(3)15(2)24/h4-11H,12-13H2,1-3H3,(H,21,26)(H,22,25). The second-order valence-electron chi connectivity index (χ2n) is 6.05. The van der Waals surface area contributed by atoms with Crippen molar-refractivity contribution in [1.29, 1.82) is 0 Å². The fraction of sp³-hybridized carbons (Fsp3) is 0.250. The second-order valence-corrected chi connectivity index (χ2v) is 6.05. The van der Waals surface area contributed by atoms with Gasteiger partial charge >= 0.3 is 0 Å². The molecule has 6 nitrogen and oxygen atoms in total. The third kappa shape index (κ3) is 5.44. The van der Waals surface area contributed by atoms with Crippen LogP contribution >= 0.6 is 0 Å². The first-order chi connectivity index (χ1) is 12.4. The molecule has 2 N–H and O–H groups in total. The van der Waals surface area contributed by atoms with Crippen LogP contribution in [0.3, 0.4) is 0 Å². The van der Waals surface area contributed by atoms with Gasteiger partial charge in [-0.1, -0.05) is 17.7 Å². The van der Waals surface area contributed by atoms with Crippen LogP contribution in [0, 0.1) is 6.92 Å². The highest BCUT2D eigenvalue weighted by atomic mass is 16.2. The highest BCUT2D eigenvalue weighted by molar-refractivity contribution is 5.95. The van der Waals surface area contributed by atoms with E-state index >= 15 is 0 Å². The van der Waals surface area contributed by atoms with Crippen LogP contribution in [0.2, 0.25) is 0 Å². The average Bonchev–Trinajstić information content (AvgIpc) is 2.62. The van der Waals surface area contributed by atoms with E-state index in [2.05, 4.69) is 10.6 Å². The molecule has 0 bridgehead atoms. The Morgan fingerprint density at radius 2 is 1.58 bits per heavy atom. The number of rotatable bonds is 6. The molecule has 0 heterocycles. The number of carbonyl (C=O) groups excluding carboxylic acids is 3. The summed E-state index contributed by atoms with van der Waals surface area (Å²) in [4.78, 5) is 36.8. The van der Waals surface area contributed by atoms with Crippen molar-refractivity contribution in [3.05, 3.63) is 59.7 Å². The first-order valence-corrected chi connectivity index (χ1v) is 8.36. The third-order valence-corrected chi connectivity index (χ3v) is 3.96. The molecule has 0 saturated heterocycles. The second kappa shape index (κ2) is 8.80. The van der Waals surface area contributed by atoms with Crippen molar-refractivity contribution in [3.63, 3.8) is 0 Å². The van der Waals surface area contributed by atoms with Crippen molar-refractivity contribution < 1.29 is 14.4 Å². The molecular weight excluding hydrogens is 330 g/mol. The molecular formula is C20H23N3O3. The maximum absolute atomic E-state index is 12.0. The highest BCUT2D eigenvalue weighted by Crippen LogP contribution is 2.17. The topological polar surface area (TPSA) is 78.5 Å². The lowest BCUT2D eigenvalue weighted by atomic mass is 10.1. The van der Waals surface area contributed by atoms with Gasteiger partial charge in [0.1, 0.15) is 0 Å². The summed E-state index contributed by atoms with van der Waals surface area (Å²) in [5.41, 5.74) is 3.05. The molecule has 0 aliphatic heterocycles. The van der Waals surface area contributed by atoms with Gasteiger partial charge in [0.2, 0.25) is 11.8 Å². The Labute approximate surface area is 153 Å². The van der Waals surface area contributed by atoms with Gasteiger partial charge in [-0.3, -0.25) is 14.4 Å². The molecule has 2 rings (SSSR count). The van der Waals surface area contributed by atoms with Gasteiger partial charge in [0.15, 0.2) is 0 Å². The van der Waals surface area contributed by atoms with Gasteiger partial charge in [0.25, 0.3) is 5.91 Å². The molecule has 3 amide bonds.